The summed E-state index contributed by atoms with van der Waals surface area (Å²) in [6.45, 7) is 1.33. The molecule has 0 rings (SSSR count). The summed E-state index contributed by atoms with van der Waals surface area (Å²) in [4.78, 5) is 21.3. The van der Waals surface area contributed by atoms with Gasteiger partial charge in [-0.2, -0.15) is 0 Å². The lowest BCUT2D eigenvalue weighted by atomic mass is 10.1. The van der Waals surface area contributed by atoms with Crippen LogP contribution in [0.15, 0.2) is 0 Å². The highest BCUT2D eigenvalue weighted by molar-refractivity contribution is 5.97. The fraction of sp³-hybridized carbons (Fsp3) is 0.667. The van der Waals surface area contributed by atoms with Crippen LogP contribution >= 0.6 is 0 Å². The van der Waals surface area contributed by atoms with Gasteiger partial charge in [0.15, 0.2) is 0 Å². The Morgan fingerprint density at radius 3 is 2.20 bits per heavy atom. The molecule has 1 unspecified atom stereocenters. The van der Waals surface area contributed by atoms with E-state index in [0.29, 0.717) is 0 Å². The third-order valence-electron chi connectivity index (χ3n) is 1.21. The molecule has 4 heteroatoms. The molecule has 0 saturated carbocycles. The van der Waals surface area contributed by atoms with Gasteiger partial charge in [0.1, 0.15) is 11.7 Å². The Labute approximate surface area is 59.3 Å². The van der Waals surface area contributed by atoms with Crippen molar-refractivity contribution in [2.24, 2.45) is 11.7 Å². The summed E-state index contributed by atoms with van der Waals surface area (Å²) in [7, 11) is 1.23. The predicted octanol–water partition coefficient (Wildman–Crippen LogP) is -0.677. The van der Waals surface area contributed by atoms with Crippen molar-refractivity contribution in [3.05, 3.63) is 0 Å². The van der Waals surface area contributed by atoms with Crippen LogP contribution in [-0.4, -0.2) is 25.4 Å². The van der Waals surface area contributed by atoms with E-state index in [-0.39, 0.29) is 12.3 Å². The summed E-state index contributed by atoms with van der Waals surface area (Å²) >= 11 is 0. The summed E-state index contributed by atoms with van der Waals surface area (Å²) in [6, 6.07) is 0. The molecule has 58 valence electrons. The normalized spacial score (nSPS) is 12.3. The van der Waals surface area contributed by atoms with E-state index in [1.807, 2.05) is 0 Å². The monoisotopic (exact) mass is 145 g/mol. The Kier molecular flexibility index (Phi) is 3.64. The molecule has 0 saturated heterocycles. The Hall–Kier alpha value is -0.900. The van der Waals surface area contributed by atoms with Gasteiger partial charge in [0, 0.05) is 6.54 Å². The molecule has 0 aromatic heterocycles. The first kappa shape index (κ1) is 9.10. The fourth-order valence-electron chi connectivity index (χ4n) is 0.570. The van der Waals surface area contributed by atoms with Crippen LogP contribution in [0.2, 0.25) is 0 Å². The molecule has 2 N–H and O–H groups in total. The van der Waals surface area contributed by atoms with E-state index < -0.39 is 11.9 Å². The largest absolute Gasteiger partial charge is 0.468 e. The van der Waals surface area contributed by atoms with Gasteiger partial charge in [-0.25, -0.2) is 0 Å². The number of rotatable bonds is 3. The Morgan fingerprint density at radius 1 is 1.60 bits per heavy atom. The number of hydrogen-bond acceptors (Lipinski definition) is 4. The van der Waals surface area contributed by atoms with Gasteiger partial charge in [-0.1, -0.05) is 0 Å². The summed E-state index contributed by atoms with van der Waals surface area (Å²) in [5.41, 5.74) is 5.13. The highest BCUT2D eigenvalue weighted by Crippen LogP contribution is 1.97. The van der Waals surface area contributed by atoms with Gasteiger partial charge in [0.05, 0.1) is 7.11 Å². The van der Waals surface area contributed by atoms with E-state index >= 15 is 0 Å². The summed E-state index contributed by atoms with van der Waals surface area (Å²) in [5, 5.41) is 0. The zero-order valence-corrected chi connectivity index (χ0v) is 6.09. The molecule has 10 heavy (non-hydrogen) atoms. The molecule has 0 aliphatic rings. The van der Waals surface area contributed by atoms with Crippen molar-refractivity contribution in [1.82, 2.24) is 0 Å². The van der Waals surface area contributed by atoms with Crippen LogP contribution in [0.5, 0.6) is 0 Å². The number of esters is 1. The lowest BCUT2D eigenvalue weighted by Crippen LogP contribution is -2.30. The molecule has 0 heterocycles. The summed E-state index contributed by atoms with van der Waals surface area (Å²) < 4.78 is 4.32. The van der Waals surface area contributed by atoms with Crippen LogP contribution in [0.25, 0.3) is 0 Å². The number of Topliss-reactive ketones (excluding diaryl/α,β-unsaturated/α-hetero) is 1. The number of methoxy groups -OCH3 is 1. The molecule has 0 aromatic rings. The smallest absolute Gasteiger partial charge is 0.317 e. The van der Waals surface area contributed by atoms with Crippen molar-refractivity contribution in [2.45, 2.75) is 6.92 Å². The first-order valence-corrected chi connectivity index (χ1v) is 2.91. The maximum Gasteiger partial charge on any atom is 0.317 e. The van der Waals surface area contributed by atoms with Crippen molar-refractivity contribution in [2.75, 3.05) is 13.7 Å². The van der Waals surface area contributed by atoms with E-state index in [1.165, 1.54) is 14.0 Å². The van der Waals surface area contributed by atoms with Gasteiger partial charge in [-0.15, -0.1) is 0 Å². The minimum atomic E-state index is -0.787. The van der Waals surface area contributed by atoms with Crippen molar-refractivity contribution >= 4 is 11.8 Å². The van der Waals surface area contributed by atoms with Crippen LogP contribution in [0.3, 0.4) is 0 Å². The average Bonchev–Trinajstić information content (AvgIpc) is 1.88. The third kappa shape index (κ3) is 2.14. The molecular weight excluding hydrogens is 134 g/mol. The lowest BCUT2D eigenvalue weighted by Gasteiger charge is -2.06. The third-order valence-corrected chi connectivity index (χ3v) is 1.21. The van der Waals surface area contributed by atoms with Crippen molar-refractivity contribution in [3.8, 4) is 0 Å². The fourth-order valence-corrected chi connectivity index (χ4v) is 0.570. The molecule has 0 aromatic carbocycles. The zero-order chi connectivity index (χ0) is 8.15. The average molecular weight is 145 g/mol. The number of carbonyl (C=O) groups excluding carboxylic acids is 2. The number of carbonyl (C=O) groups is 2. The standard InChI is InChI=1S/C6H11NO3/c1-4(8)5(3-7)6(9)10-2/h5H,3,7H2,1-2H3. The molecule has 1 atom stereocenters. The van der Waals surface area contributed by atoms with Crippen LogP contribution in [0, 0.1) is 5.92 Å². The Morgan fingerprint density at radius 2 is 2.10 bits per heavy atom. The molecule has 0 aliphatic heterocycles. The molecule has 0 radical (unpaired) electrons. The number of nitrogens with two attached hydrogens (primary N) is 1. The number of hydrogen-bond donors (Lipinski definition) is 1. The zero-order valence-electron chi connectivity index (χ0n) is 6.09. The second-order valence-electron chi connectivity index (χ2n) is 1.92. The topological polar surface area (TPSA) is 69.4 Å². The maximum atomic E-state index is 10.7. The van der Waals surface area contributed by atoms with Gasteiger partial charge in [0.2, 0.25) is 0 Å². The SMILES string of the molecule is COC(=O)C(CN)C(C)=O. The molecular formula is C6H11NO3. The predicted molar refractivity (Wildman–Crippen MR) is 35.2 cm³/mol. The van der Waals surface area contributed by atoms with Gasteiger partial charge >= 0.3 is 5.97 Å². The first-order valence-electron chi connectivity index (χ1n) is 2.91. The van der Waals surface area contributed by atoms with Crippen molar-refractivity contribution in [1.29, 1.82) is 0 Å². The van der Waals surface area contributed by atoms with E-state index in [4.69, 9.17) is 5.73 Å². The number of ether oxygens (including phenoxy) is 1. The Balaban J connectivity index is 4.06. The van der Waals surface area contributed by atoms with Gasteiger partial charge in [-0.05, 0) is 6.92 Å². The molecule has 4 nitrogen and oxygen atoms in total. The van der Waals surface area contributed by atoms with Gasteiger partial charge < -0.3 is 10.5 Å². The highest BCUT2D eigenvalue weighted by Gasteiger charge is 2.21. The second kappa shape index (κ2) is 4.00. The summed E-state index contributed by atoms with van der Waals surface area (Å²) in [6.07, 6.45) is 0. The summed E-state index contributed by atoms with van der Waals surface area (Å²) in [5.74, 6) is -1.60. The van der Waals surface area contributed by atoms with Crippen LogP contribution in [0.1, 0.15) is 6.92 Å². The van der Waals surface area contributed by atoms with Crippen molar-refractivity contribution < 1.29 is 14.3 Å². The van der Waals surface area contributed by atoms with E-state index in [2.05, 4.69) is 4.74 Å². The molecule has 0 fully saturated rings. The molecule has 0 spiro atoms. The van der Waals surface area contributed by atoms with Crippen molar-refractivity contribution in [3.63, 3.8) is 0 Å². The second-order valence-corrected chi connectivity index (χ2v) is 1.92. The lowest BCUT2D eigenvalue weighted by molar-refractivity contribution is -0.148. The minimum Gasteiger partial charge on any atom is -0.468 e. The minimum absolute atomic E-state index is 0.0159. The van der Waals surface area contributed by atoms with Gasteiger partial charge in [-0.3, -0.25) is 9.59 Å². The first-order chi connectivity index (χ1) is 4.63. The van der Waals surface area contributed by atoms with Crippen LogP contribution in [0.4, 0.5) is 0 Å². The molecule has 0 bridgehead atoms. The molecule has 0 aliphatic carbocycles. The number of ketones is 1. The highest BCUT2D eigenvalue weighted by atomic mass is 16.5. The molecule has 0 amide bonds. The van der Waals surface area contributed by atoms with E-state index in [9.17, 15) is 9.59 Å². The van der Waals surface area contributed by atoms with Gasteiger partial charge in [0.25, 0.3) is 0 Å². The maximum absolute atomic E-state index is 10.7. The van der Waals surface area contributed by atoms with Crippen LogP contribution < -0.4 is 5.73 Å². The van der Waals surface area contributed by atoms with E-state index in [0.717, 1.165) is 0 Å². The quantitative estimate of drug-likeness (QED) is 0.422. The van der Waals surface area contributed by atoms with Crippen LogP contribution in [-0.2, 0) is 14.3 Å². The Bertz CT molecular complexity index is 144. The van der Waals surface area contributed by atoms with E-state index in [1.54, 1.807) is 0 Å².